The number of likely N-dealkylation sites (tertiary alicyclic amines) is 1. The maximum Gasteiger partial charge on any atom is 0.328 e. The van der Waals surface area contributed by atoms with Crippen LogP contribution in [0.1, 0.15) is 24.0 Å². The minimum absolute atomic E-state index is 0.0115. The van der Waals surface area contributed by atoms with E-state index < -0.39 is 6.04 Å². The lowest BCUT2D eigenvalue weighted by atomic mass is 9.95. The first kappa shape index (κ1) is 14.1. The first-order chi connectivity index (χ1) is 10.2. The molecule has 2 heterocycles. The van der Waals surface area contributed by atoms with Gasteiger partial charge in [-0.3, -0.25) is 4.79 Å². The van der Waals surface area contributed by atoms with Crippen LogP contribution in [-0.2, 0) is 27.3 Å². The Labute approximate surface area is 124 Å². The summed E-state index contributed by atoms with van der Waals surface area (Å²) in [6.07, 6.45) is 2.23. The molecule has 0 saturated carbocycles. The fourth-order valence-electron chi connectivity index (χ4n) is 3.24. The molecule has 0 unspecified atom stereocenters. The van der Waals surface area contributed by atoms with Gasteiger partial charge in [0.25, 0.3) is 0 Å². The third-order valence-corrected chi connectivity index (χ3v) is 4.39. The van der Waals surface area contributed by atoms with Crippen molar-refractivity contribution in [2.75, 3.05) is 13.7 Å². The molecule has 1 aromatic carbocycles. The second-order valence-corrected chi connectivity index (χ2v) is 5.62. The zero-order valence-corrected chi connectivity index (χ0v) is 12.2. The van der Waals surface area contributed by atoms with Crippen LogP contribution in [0.5, 0.6) is 0 Å². The van der Waals surface area contributed by atoms with E-state index in [0.29, 0.717) is 25.9 Å². The van der Waals surface area contributed by atoms with Crippen LogP contribution in [0.3, 0.4) is 0 Å². The lowest BCUT2D eigenvalue weighted by Crippen LogP contribution is -2.52. The third kappa shape index (κ3) is 2.65. The molecule has 5 nitrogen and oxygen atoms in total. The van der Waals surface area contributed by atoms with Gasteiger partial charge in [0, 0.05) is 13.1 Å². The van der Waals surface area contributed by atoms with Crippen molar-refractivity contribution in [3.05, 3.63) is 35.4 Å². The molecule has 1 amide bonds. The molecule has 0 spiro atoms. The number of benzene rings is 1. The van der Waals surface area contributed by atoms with Crippen LogP contribution in [0.2, 0.25) is 0 Å². The minimum atomic E-state index is -0.415. The second kappa shape index (κ2) is 5.85. The van der Waals surface area contributed by atoms with Crippen molar-refractivity contribution in [2.45, 2.75) is 37.9 Å². The Morgan fingerprint density at radius 2 is 2.05 bits per heavy atom. The normalized spacial score (nSPS) is 24.5. The molecule has 5 heteroatoms. The largest absolute Gasteiger partial charge is 0.467 e. The molecular weight excluding hydrogens is 268 g/mol. The van der Waals surface area contributed by atoms with Gasteiger partial charge in [-0.2, -0.15) is 0 Å². The van der Waals surface area contributed by atoms with Gasteiger partial charge in [0.1, 0.15) is 6.04 Å². The predicted molar refractivity (Wildman–Crippen MR) is 77.5 cm³/mol. The standard InChI is InChI=1S/C16H20N2O3/c1-21-16(20)14-7-4-8-18(14)15(19)13-9-11-5-2-3-6-12(11)10-17-13/h2-3,5-6,13-14,17H,4,7-10H2,1H3/t13-,14-/m1/s1. The molecule has 2 aliphatic rings. The molecule has 0 bridgehead atoms. The molecule has 1 N–H and O–H groups in total. The lowest BCUT2D eigenvalue weighted by Gasteiger charge is -2.31. The summed E-state index contributed by atoms with van der Waals surface area (Å²) in [6, 6.07) is 7.50. The summed E-state index contributed by atoms with van der Waals surface area (Å²) in [4.78, 5) is 26.1. The molecule has 112 valence electrons. The zero-order chi connectivity index (χ0) is 14.8. The van der Waals surface area contributed by atoms with Crippen LogP contribution in [0, 0.1) is 0 Å². The van der Waals surface area contributed by atoms with Crippen LogP contribution in [-0.4, -0.2) is 42.5 Å². The summed E-state index contributed by atoms with van der Waals surface area (Å²) in [5.41, 5.74) is 2.45. The lowest BCUT2D eigenvalue weighted by molar-refractivity contribution is -0.151. The summed E-state index contributed by atoms with van der Waals surface area (Å²) in [5, 5.41) is 3.29. The number of carbonyl (C=O) groups is 2. The Hall–Kier alpha value is -1.88. The van der Waals surface area contributed by atoms with Crippen molar-refractivity contribution in [3.63, 3.8) is 0 Å². The molecule has 0 radical (unpaired) electrons. The highest BCUT2D eigenvalue weighted by Crippen LogP contribution is 2.23. The molecule has 2 aliphatic heterocycles. The number of ether oxygens (including phenoxy) is 1. The van der Waals surface area contributed by atoms with Gasteiger partial charge in [-0.05, 0) is 30.4 Å². The molecule has 3 rings (SSSR count). The van der Waals surface area contributed by atoms with E-state index >= 15 is 0 Å². The average Bonchev–Trinajstić information content (AvgIpc) is 3.02. The second-order valence-electron chi connectivity index (χ2n) is 5.62. The smallest absolute Gasteiger partial charge is 0.328 e. The summed E-state index contributed by atoms with van der Waals surface area (Å²) in [7, 11) is 1.37. The number of nitrogens with one attached hydrogen (secondary N) is 1. The van der Waals surface area contributed by atoms with Crippen molar-refractivity contribution in [1.29, 1.82) is 0 Å². The van der Waals surface area contributed by atoms with Crippen molar-refractivity contribution >= 4 is 11.9 Å². The molecular formula is C16H20N2O3. The Morgan fingerprint density at radius 3 is 2.81 bits per heavy atom. The minimum Gasteiger partial charge on any atom is -0.467 e. The van der Waals surface area contributed by atoms with Crippen LogP contribution >= 0.6 is 0 Å². The number of esters is 1. The first-order valence-electron chi connectivity index (χ1n) is 7.39. The van der Waals surface area contributed by atoms with E-state index in [1.165, 1.54) is 18.2 Å². The molecule has 1 saturated heterocycles. The van der Waals surface area contributed by atoms with Crippen LogP contribution in [0.4, 0.5) is 0 Å². The molecule has 0 aromatic heterocycles. The Kier molecular flexibility index (Phi) is 3.92. The average molecular weight is 288 g/mol. The number of carbonyl (C=O) groups excluding carboxylic acids is 2. The van der Waals surface area contributed by atoms with Crippen molar-refractivity contribution in [1.82, 2.24) is 10.2 Å². The van der Waals surface area contributed by atoms with Crippen LogP contribution in [0.15, 0.2) is 24.3 Å². The van der Waals surface area contributed by atoms with E-state index in [9.17, 15) is 9.59 Å². The summed E-state index contributed by atoms with van der Waals surface area (Å²) >= 11 is 0. The highest BCUT2D eigenvalue weighted by molar-refractivity contribution is 5.88. The van der Waals surface area contributed by atoms with Crippen LogP contribution in [0.25, 0.3) is 0 Å². The molecule has 21 heavy (non-hydrogen) atoms. The van der Waals surface area contributed by atoms with Gasteiger partial charge in [0.2, 0.25) is 5.91 Å². The Balaban J connectivity index is 1.73. The van der Waals surface area contributed by atoms with E-state index in [-0.39, 0.29) is 17.9 Å². The number of amides is 1. The molecule has 1 fully saturated rings. The fraction of sp³-hybridized carbons (Fsp3) is 0.500. The van der Waals surface area contributed by atoms with E-state index in [0.717, 1.165) is 6.42 Å². The highest BCUT2D eigenvalue weighted by Gasteiger charge is 2.38. The summed E-state index contributed by atoms with van der Waals surface area (Å²) in [5.74, 6) is -0.297. The van der Waals surface area contributed by atoms with Crippen molar-refractivity contribution < 1.29 is 14.3 Å². The number of hydrogen-bond acceptors (Lipinski definition) is 4. The Bertz CT molecular complexity index is 558. The van der Waals surface area contributed by atoms with Gasteiger partial charge < -0.3 is 15.0 Å². The molecule has 2 atom stereocenters. The zero-order valence-electron chi connectivity index (χ0n) is 12.2. The SMILES string of the molecule is COC(=O)[C@H]1CCCN1C(=O)[C@H]1Cc2ccccc2CN1. The number of rotatable bonds is 2. The first-order valence-corrected chi connectivity index (χ1v) is 7.39. The van der Waals surface area contributed by atoms with Crippen LogP contribution < -0.4 is 5.32 Å². The Morgan fingerprint density at radius 1 is 1.29 bits per heavy atom. The number of methoxy groups -OCH3 is 1. The maximum atomic E-state index is 12.7. The predicted octanol–water partition coefficient (Wildman–Crippen LogP) is 0.865. The number of nitrogens with zero attached hydrogens (tertiary/aromatic N) is 1. The van der Waals surface area contributed by atoms with Gasteiger partial charge in [0.15, 0.2) is 0 Å². The van der Waals surface area contributed by atoms with E-state index in [1.54, 1.807) is 4.90 Å². The van der Waals surface area contributed by atoms with E-state index in [1.807, 2.05) is 12.1 Å². The van der Waals surface area contributed by atoms with E-state index in [2.05, 4.69) is 17.4 Å². The summed E-state index contributed by atoms with van der Waals surface area (Å²) in [6.45, 7) is 1.34. The van der Waals surface area contributed by atoms with Crippen molar-refractivity contribution in [2.24, 2.45) is 0 Å². The maximum absolute atomic E-state index is 12.7. The molecule has 1 aromatic rings. The van der Waals surface area contributed by atoms with Gasteiger partial charge in [-0.1, -0.05) is 24.3 Å². The summed E-state index contributed by atoms with van der Waals surface area (Å²) < 4.78 is 4.80. The van der Waals surface area contributed by atoms with Crippen molar-refractivity contribution in [3.8, 4) is 0 Å². The molecule has 0 aliphatic carbocycles. The van der Waals surface area contributed by atoms with E-state index in [4.69, 9.17) is 4.74 Å². The van der Waals surface area contributed by atoms with Gasteiger partial charge in [-0.25, -0.2) is 4.79 Å². The van der Waals surface area contributed by atoms with Gasteiger partial charge in [-0.15, -0.1) is 0 Å². The number of fused-ring (bicyclic) bond motifs is 1. The third-order valence-electron chi connectivity index (χ3n) is 4.39. The topological polar surface area (TPSA) is 58.6 Å². The monoisotopic (exact) mass is 288 g/mol. The quantitative estimate of drug-likeness (QED) is 0.820. The fourth-order valence-corrected chi connectivity index (χ4v) is 3.24. The van der Waals surface area contributed by atoms with Gasteiger partial charge >= 0.3 is 5.97 Å². The van der Waals surface area contributed by atoms with Gasteiger partial charge in [0.05, 0.1) is 13.2 Å². The highest BCUT2D eigenvalue weighted by atomic mass is 16.5. The number of hydrogen-bond donors (Lipinski definition) is 1.